The lowest BCUT2D eigenvalue weighted by atomic mass is 10.1. The maximum absolute atomic E-state index is 12.9. The summed E-state index contributed by atoms with van der Waals surface area (Å²) in [6.07, 6.45) is 1.18. The summed E-state index contributed by atoms with van der Waals surface area (Å²) in [6.45, 7) is 5.35. The van der Waals surface area contributed by atoms with E-state index in [9.17, 15) is 13.2 Å². The molecule has 0 bridgehead atoms. The molecule has 1 amide bonds. The number of carbonyl (C=O) groups excluding carboxylic acids is 1. The lowest BCUT2D eigenvalue weighted by Gasteiger charge is -2.32. The second kappa shape index (κ2) is 9.45. The molecule has 1 aromatic rings. The topological polar surface area (TPSA) is 84.9 Å². The summed E-state index contributed by atoms with van der Waals surface area (Å²) in [7, 11) is -1.93. The SMILES string of the molecule is COCCOCC(=O)NC1CCN(S(=O)(=O)c2ccc(C)cc2C)CC1. The average Bonchev–Trinajstić information content (AvgIpc) is 2.59. The second-order valence-electron chi connectivity index (χ2n) is 6.56. The van der Waals surface area contributed by atoms with E-state index in [0.717, 1.165) is 11.1 Å². The summed E-state index contributed by atoms with van der Waals surface area (Å²) in [6, 6.07) is 5.34. The standard InChI is InChI=1S/C18H28N2O5S/c1-14-4-5-17(15(2)12-14)26(22,23)20-8-6-16(7-9-20)19-18(21)13-25-11-10-24-3/h4-5,12,16H,6-11,13H2,1-3H3,(H,19,21). The molecule has 1 N–H and O–H groups in total. The van der Waals surface area contributed by atoms with Gasteiger partial charge in [-0.2, -0.15) is 4.31 Å². The maximum atomic E-state index is 12.9. The van der Waals surface area contributed by atoms with Crippen molar-refractivity contribution in [1.82, 2.24) is 9.62 Å². The van der Waals surface area contributed by atoms with Crippen LogP contribution in [0.5, 0.6) is 0 Å². The molecule has 0 saturated carbocycles. The number of amides is 1. The van der Waals surface area contributed by atoms with E-state index in [4.69, 9.17) is 9.47 Å². The number of piperidine rings is 1. The smallest absolute Gasteiger partial charge is 0.246 e. The molecule has 0 radical (unpaired) electrons. The Bertz CT molecular complexity index is 712. The van der Waals surface area contributed by atoms with Gasteiger partial charge in [-0.1, -0.05) is 17.7 Å². The highest BCUT2D eigenvalue weighted by Gasteiger charge is 2.30. The molecule has 0 aliphatic carbocycles. The highest BCUT2D eigenvalue weighted by molar-refractivity contribution is 7.89. The number of aryl methyl sites for hydroxylation is 2. The van der Waals surface area contributed by atoms with Crippen LogP contribution in [0.1, 0.15) is 24.0 Å². The Morgan fingerprint density at radius 1 is 1.23 bits per heavy atom. The minimum Gasteiger partial charge on any atom is -0.382 e. The van der Waals surface area contributed by atoms with Crippen molar-refractivity contribution in [2.75, 3.05) is 40.0 Å². The Kier molecular flexibility index (Phi) is 7.57. The molecule has 1 aliphatic rings. The zero-order valence-electron chi connectivity index (χ0n) is 15.7. The van der Waals surface area contributed by atoms with Crippen LogP contribution in [0.2, 0.25) is 0 Å². The normalized spacial score (nSPS) is 16.6. The molecule has 1 aliphatic heterocycles. The Morgan fingerprint density at radius 2 is 1.92 bits per heavy atom. The first-order chi connectivity index (χ1) is 12.3. The van der Waals surface area contributed by atoms with Crippen molar-refractivity contribution in [2.45, 2.75) is 37.6 Å². The number of ether oxygens (including phenoxy) is 2. The molecule has 0 spiro atoms. The number of benzene rings is 1. The number of sulfonamides is 1. The van der Waals surface area contributed by atoms with E-state index in [0.29, 0.717) is 44.0 Å². The molecule has 8 heteroatoms. The number of rotatable bonds is 8. The highest BCUT2D eigenvalue weighted by Crippen LogP contribution is 2.24. The number of carbonyl (C=O) groups is 1. The molecule has 0 unspecified atom stereocenters. The van der Waals surface area contributed by atoms with E-state index >= 15 is 0 Å². The second-order valence-corrected chi connectivity index (χ2v) is 8.47. The van der Waals surface area contributed by atoms with E-state index in [2.05, 4.69) is 5.32 Å². The van der Waals surface area contributed by atoms with Gasteiger partial charge in [0.15, 0.2) is 0 Å². The number of nitrogens with zero attached hydrogens (tertiary/aromatic N) is 1. The van der Waals surface area contributed by atoms with Crippen LogP contribution >= 0.6 is 0 Å². The summed E-state index contributed by atoms with van der Waals surface area (Å²) >= 11 is 0. The van der Waals surface area contributed by atoms with E-state index in [-0.39, 0.29) is 18.6 Å². The molecule has 1 aromatic carbocycles. The van der Waals surface area contributed by atoms with Crippen molar-refractivity contribution in [3.63, 3.8) is 0 Å². The molecule has 1 saturated heterocycles. The Morgan fingerprint density at radius 3 is 2.54 bits per heavy atom. The van der Waals surface area contributed by atoms with Gasteiger partial charge >= 0.3 is 0 Å². The van der Waals surface area contributed by atoms with Gasteiger partial charge < -0.3 is 14.8 Å². The van der Waals surface area contributed by atoms with Gasteiger partial charge in [-0.15, -0.1) is 0 Å². The van der Waals surface area contributed by atoms with Crippen LogP contribution < -0.4 is 5.32 Å². The van der Waals surface area contributed by atoms with Crippen LogP contribution in [-0.4, -0.2) is 64.7 Å². The lowest BCUT2D eigenvalue weighted by Crippen LogP contribution is -2.47. The van der Waals surface area contributed by atoms with Crippen LogP contribution in [0, 0.1) is 13.8 Å². The summed E-state index contributed by atoms with van der Waals surface area (Å²) in [5, 5.41) is 2.90. The van der Waals surface area contributed by atoms with E-state index in [1.54, 1.807) is 13.2 Å². The minimum atomic E-state index is -3.50. The van der Waals surface area contributed by atoms with Crippen molar-refractivity contribution >= 4 is 15.9 Å². The van der Waals surface area contributed by atoms with Crippen molar-refractivity contribution < 1.29 is 22.7 Å². The molecule has 1 fully saturated rings. The third-order valence-electron chi connectivity index (χ3n) is 4.43. The van der Waals surface area contributed by atoms with Crippen LogP contribution in [0.15, 0.2) is 23.1 Å². The fourth-order valence-electron chi connectivity index (χ4n) is 3.04. The predicted molar refractivity (Wildman–Crippen MR) is 98.5 cm³/mol. The van der Waals surface area contributed by atoms with E-state index < -0.39 is 10.0 Å². The summed E-state index contributed by atoms with van der Waals surface area (Å²) in [5.74, 6) is -0.184. The zero-order chi connectivity index (χ0) is 19.2. The largest absolute Gasteiger partial charge is 0.382 e. The van der Waals surface area contributed by atoms with Crippen molar-refractivity contribution in [3.05, 3.63) is 29.3 Å². The van der Waals surface area contributed by atoms with Gasteiger partial charge in [-0.3, -0.25) is 4.79 Å². The van der Waals surface area contributed by atoms with Crippen LogP contribution in [0.4, 0.5) is 0 Å². The Balaban J connectivity index is 1.86. The van der Waals surface area contributed by atoms with Gasteiger partial charge in [-0.05, 0) is 38.3 Å². The predicted octanol–water partition coefficient (Wildman–Crippen LogP) is 1.24. The summed E-state index contributed by atoms with van der Waals surface area (Å²) < 4.78 is 37.3. The molecule has 0 aromatic heterocycles. The molecule has 1 heterocycles. The van der Waals surface area contributed by atoms with Crippen molar-refractivity contribution in [2.24, 2.45) is 0 Å². The third-order valence-corrected chi connectivity index (χ3v) is 6.49. The fraction of sp³-hybridized carbons (Fsp3) is 0.611. The fourth-order valence-corrected chi connectivity index (χ4v) is 4.72. The highest BCUT2D eigenvalue weighted by atomic mass is 32.2. The molecule has 146 valence electrons. The number of nitrogens with one attached hydrogen (secondary N) is 1. The maximum Gasteiger partial charge on any atom is 0.246 e. The Hall–Kier alpha value is -1.48. The first-order valence-electron chi connectivity index (χ1n) is 8.78. The van der Waals surface area contributed by atoms with Crippen LogP contribution in [0.25, 0.3) is 0 Å². The van der Waals surface area contributed by atoms with Crippen LogP contribution in [0.3, 0.4) is 0 Å². The molecule has 26 heavy (non-hydrogen) atoms. The average molecular weight is 384 g/mol. The number of hydrogen-bond acceptors (Lipinski definition) is 5. The van der Waals surface area contributed by atoms with Gasteiger partial charge in [0.25, 0.3) is 0 Å². The number of methoxy groups -OCH3 is 1. The quantitative estimate of drug-likeness (QED) is 0.682. The zero-order valence-corrected chi connectivity index (χ0v) is 16.5. The lowest BCUT2D eigenvalue weighted by molar-refractivity contribution is -0.127. The van der Waals surface area contributed by atoms with Gasteiger partial charge in [0, 0.05) is 26.2 Å². The monoisotopic (exact) mass is 384 g/mol. The van der Waals surface area contributed by atoms with Gasteiger partial charge in [0.05, 0.1) is 18.1 Å². The molecule has 0 atom stereocenters. The van der Waals surface area contributed by atoms with Gasteiger partial charge in [0.1, 0.15) is 6.61 Å². The summed E-state index contributed by atoms with van der Waals surface area (Å²) in [4.78, 5) is 12.2. The molecule has 2 rings (SSSR count). The van der Waals surface area contributed by atoms with Gasteiger partial charge in [0.2, 0.25) is 15.9 Å². The van der Waals surface area contributed by atoms with Gasteiger partial charge in [-0.25, -0.2) is 8.42 Å². The van der Waals surface area contributed by atoms with Crippen molar-refractivity contribution in [3.8, 4) is 0 Å². The number of hydrogen-bond donors (Lipinski definition) is 1. The van der Waals surface area contributed by atoms with Crippen molar-refractivity contribution in [1.29, 1.82) is 0 Å². The third kappa shape index (κ3) is 5.51. The summed E-state index contributed by atoms with van der Waals surface area (Å²) in [5.41, 5.74) is 1.80. The van der Waals surface area contributed by atoms with E-state index in [1.807, 2.05) is 26.0 Å². The van der Waals surface area contributed by atoms with E-state index in [1.165, 1.54) is 4.31 Å². The first-order valence-corrected chi connectivity index (χ1v) is 10.2. The van der Waals surface area contributed by atoms with Crippen LogP contribution in [-0.2, 0) is 24.3 Å². The molecular formula is C18H28N2O5S. The minimum absolute atomic E-state index is 0.00949. The first kappa shape index (κ1) is 20.8. The Labute approximate surface area is 155 Å². The molecular weight excluding hydrogens is 356 g/mol. The molecule has 7 nitrogen and oxygen atoms in total.